The molecule has 0 unspecified atom stereocenters. The summed E-state index contributed by atoms with van der Waals surface area (Å²) in [5.74, 6) is 0.181. The molecule has 1 aliphatic rings. The first-order chi connectivity index (χ1) is 18.1. The summed E-state index contributed by atoms with van der Waals surface area (Å²) in [6, 6.07) is 20.9. The molecule has 1 amide bonds. The number of carbonyl (C=O) groups is 1. The Kier molecular flexibility index (Phi) is 9.57. The number of hydrogen-bond donors (Lipinski definition) is 0. The fraction of sp³-hybridized carbons (Fsp3) is 0.545. The third kappa shape index (κ3) is 6.84. The van der Waals surface area contributed by atoms with Gasteiger partial charge in [0.1, 0.15) is 11.3 Å². The predicted molar refractivity (Wildman–Crippen MR) is 163 cm³/mol. The van der Waals surface area contributed by atoms with Gasteiger partial charge in [-0.2, -0.15) is 0 Å². The van der Waals surface area contributed by atoms with Gasteiger partial charge in [-0.05, 0) is 69.3 Å². The van der Waals surface area contributed by atoms with Gasteiger partial charge in [-0.25, -0.2) is 4.79 Å². The monoisotopic (exact) mass is 551 g/mol. The lowest BCUT2D eigenvalue weighted by Gasteiger charge is -2.44. The molecule has 0 radical (unpaired) electrons. The number of benzene rings is 2. The van der Waals surface area contributed by atoms with Gasteiger partial charge in [-0.1, -0.05) is 101 Å². The molecule has 0 bridgehead atoms. The second-order valence-electron chi connectivity index (χ2n) is 13.2. The highest BCUT2D eigenvalue weighted by Crippen LogP contribution is 2.41. The van der Waals surface area contributed by atoms with Crippen molar-refractivity contribution in [3.8, 4) is 0 Å². The second kappa shape index (κ2) is 12.0. The Morgan fingerprint density at radius 2 is 1.51 bits per heavy atom. The molecular formula is C33H49NO4Si. The van der Waals surface area contributed by atoms with E-state index in [1.54, 1.807) is 4.90 Å². The van der Waals surface area contributed by atoms with Gasteiger partial charge in [0, 0.05) is 0 Å². The van der Waals surface area contributed by atoms with Crippen LogP contribution in [-0.4, -0.2) is 49.4 Å². The first kappa shape index (κ1) is 31.1. The van der Waals surface area contributed by atoms with Crippen molar-refractivity contribution in [3.63, 3.8) is 0 Å². The summed E-state index contributed by atoms with van der Waals surface area (Å²) in [4.78, 5) is 15.5. The van der Waals surface area contributed by atoms with Gasteiger partial charge < -0.3 is 13.9 Å². The normalized spacial score (nSPS) is 20.8. The zero-order chi connectivity index (χ0) is 29.1. The minimum absolute atomic E-state index is 0.173. The Hall–Kier alpha value is -2.41. The summed E-state index contributed by atoms with van der Waals surface area (Å²) in [6.45, 7) is 21.0. The fourth-order valence-corrected chi connectivity index (χ4v) is 10.4. The van der Waals surface area contributed by atoms with Gasteiger partial charge in [0.15, 0.2) is 0 Å². The van der Waals surface area contributed by atoms with Crippen molar-refractivity contribution in [1.82, 2.24) is 4.90 Å². The molecule has 0 saturated carbocycles. The quantitative estimate of drug-likeness (QED) is 0.264. The Balaban J connectivity index is 2.12. The molecule has 3 atom stereocenters. The maximum absolute atomic E-state index is 13.7. The van der Waals surface area contributed by atoms with Crippen molar-refractivity contribution >= 4 is 24.8 Å². The van der Waals surface area contributed by atoms with Crippen LogP contribution in [0.3, 0.4) is 0 Å². The molecule has 0 spiro atoms. The van der Waals surface area contributed by atoms with E-state index in [0.717, 1.165) is 6.42 Å². The molecule has 0 N–H and O–H groups in total. The lowest BCUT2D eigenvalue weighted by Crippen LogP contribution is -2.67. The summed E-state index contributed by atoms with van der Waals surface area (Å²) >= 11 is 0. The van der Waals surface area contributed by atoms with E-state index in [-0.39, 0.29) is 29.2 Å². The highest BCUT2D eigenvalue weighted by Gasteiger charge is 2.55. The maximum atomic E-state index is 13.7. The molecule has 2 aromatic carbocycles. The van der Waals surface area contributed by atoms with E-state index >= 15 is 0 Å². The van der Waals surface area contributed by atoms with Crippen LogP contribution < -0.4 is 10.4 Å². The Labute approximate surface area is 237 Å². The Bertz CT molecular complexity index is 1060. The molecule has 0 aliphatic carbocycles. The average molecular weight is 552 g/mol. The van der Waals surface area contributed by atoms with Crippen LogP contribution in [0, 0.1) is 5.92 Å². The van der Waals surface area contributed by atoms with Gasteiger partial charge in [-0.15, -0.1) is 0 Å². The van der Waals surface area contributed by atoms with Crippen LogP contribution in [-0.2, 0) is 13.9 Å². The third-order valence-corrected chi connectivity index (χ3v) is 12.5. The molecule has 1 saturated heterocycles. The number of hydrogen-bond acceptors (Lipinski definition) is 4. The summed E-state index contributed by atoms with van der Waals surface area (Å²) in [5, 5.41) is 2.25. The number of rotatable bonds is 8. The molecule has 0 aromatic heterocycles. The molecule has 1 heterocycles. The number of ether oxygens (including phenoxy) is 2. The Morgan fingerprint density at radius 3 is 1.95 bits per heavy atom. The zero-order valence-corrected chi connectivity index (χ0v) is 26.7. The van der Waals surface area contributed by atoms with Crippen LogP contribution >= 0.6 is 0 Å². The van der Waals surface area contributed by atoms with Crippen LogP contribution in [0.25, 0.3) is 0 Å². The lowest BCUT2D eigenvalue weighted by atomic mass is 9.95. The standard InChI is InChI=1S/C33H49NO4Si/c1-11-12-19-25(2)29-28(34(33(9,10)37-29)30(35)38-31(3,4)5)24-36-39(32(6,7)8,26-20-15-13-16-21-26)27-22-17-14-18-23-27/h11-18,20-23,25,28-29H,19,24H2,1-10H3/b12-11-/t25-,28-,29-/m1/s1. The van der Waals surface area contributed by atoms with Crippen LogP contribution in [0.1, 0.15) is 75.7 Å². The van der Waals surface area contributed by atoms with E-state index in [4.69, 9.17) is 13.9 Å². The molecule has 1 aliphatic heterocycles. The zero-order valence-electron chi connectivity index (χ0n) is 25.7. The average Bonchev–Trinajstić information content (AvgIpc) is 3.12. The summed E-state index contributed by atoms with van der Waals surface area (Å²) in [5.41, 5.74) is -1.46. The van der Waals surface area contributed by atoms with Crippen molar-refractivity contribution in [3.05, 3.63) is 72.8 Å². The predicted octanol–water partition coefficient (Wildman–Crippen LogP) is 6.91. The van der Waals surface area contributed by atoms with Gasteiger partial charge in [-0.3, -0.25) is 4.90 Å². The minimum Gasteiger partial charge on any atom is -0.444 e. The maximum Gasteiger partial charge on any atom is 0.412 e. The van der Waals surface area contributed by atoms with E-state index < -0.39 is 19.6 Å². The number of nitrogens with zero attached hydrogens (tertiary/aromatic N) is 1. The fourth-order valence-electron chi connectivity index (χ4n) is 5.80. The molecule has 3 rings (SSSR count). The highest BCUT2D eigenvalue weighted by molar-refractivity contribution is 6.99. The highest BCUT2D eigenvalue weighted by atomic mass is 28.4. The molecule has 39 heavy (non-hydrogen) atoms. The van der Waals surface area contributed by atoms with E-state index in [1.807, 2.05) is 53.7 Å². The number of carbonyl (C=O) groups excluding carboxylic acids is 1. The largest absolute Gasteiger partial charge is 0.444 e. The van der Waals surface area contributed by atoms with E-state index in [1.165, 1.54) is 10.4 Å². The van der Waals surface area contributed by atoms with E-state index in [0.29, 0.717) is 6.61 Å². The smallest absolute Gasteiger partial charge is 0.412 e. The number of allylic oxidation sites excluding steroid dienone is 2. The van der Waals surface area contributed by atoms with Crippen LogP contribution in [0.15, 0.2) is 72.8 Å². The van der Waals surface area contributed by atoms with E-state index in [9.17, 15) is 4.79 Å². The van der Waals surface area contributed by atoms with Gasteiger partial charge in [0.25, 0.3) is 8.32 Å². The summed E-state index contributed by atoms with van der Waals surface area (Å²) in [6.07, 6.45) is 4.51. The third-order valence-electron chi connectivity index (χ3n) is 7.50. The molecule has 5 nitrogen and oxygen atoms in total. The topological polar surface area (TPSA) is 48.0 Å². The van der Waals surface area contributed by atoms with Crippen molar-refractivity contribution in [1.29, 1.82) is 0 Å². The van der Waals surface area contributed by atoms with Crippen LogP contribution in [0.2, 0.25) is 5.04 Å². The molecule has 2 aromatic rings. The SMILES string of the molecule is C/C=C\C[C@@H](C)[C@H]1OC(C)(C)N(C(=O)OC(C)(C)C)[C@@H]1CO[Si](c1ccccc1)(c1ccccc1)C(C)(C)C. The number of amides is 1. The molecular weight excluding hydrogens is 502 g/mol. The van der Waals surface area contributed by atoms with Crippen molar-refractivity contribution < 1.29 is 18.7 Å². The Morgan fingerprint density at radius 1 is 1.00 bits per heavy atom. The lowest BCUT2D eigenvalue weighted by molar-refractivity contribution is -0.0875. The van der Waals surface area contributed by atoms with Gasteiger partial charge in [0.2, 0.25) is 0 Å². The van der Waals surface area contributed by atoms with Crippen molar-refractivity contribution in [2.24, 2.45) is 5.92 Å². The van der Waals surface area contributed by atoms with Crippen LogP contribution in [0.4, 0.5) is 4.79 Å². The molecule has 1 fully saturated rings. The molecule has 214 valence electrons. The van der Waals surface area contributed by atoms with Crippen molar-refractivity contribution in [2.75, 3.05) is 6.61 Å². The van der Waals surface area contributed by atoms with Crippen LogP contribution in [0.5, 0.6) is 0 Å². The minimum atomic E-state index is -2.81. The molecule has 6 heteroatoms. The van der Waals surface area contributed by atoms with E-state index in [2.05, 4.69) is 88.4 Å². The first-order valence-corrected chi connectivity index (χ1v) is 16.1. The summed E-state index contributed by atoms with van der Waals surface area (Å²) in [7, 11) is -2.81. The first-order valence-electron chi connectivity index (χ1n) is 14.2. The van der Waals surface area contributed by atoms with Crippen molar-refractivity contribution in [2.45, 2.75) is 104 Å². The second-order valence-corrected chi connectivity index (χ2v) is 17.5. The van der Waals surface area contributed by atoms with Gasteiger partial charge in [0.05, 0.1) is 18.8 Å². The summed E-state index contributed by atoms with van der Waals surface area (Å²) < 4.78 is 19.9. The van der Waals surface area contributed by atoms with Gasteiger partial charge >= 0.3 is 6.09 Å².